The van der Waals surface area contributed by atoms with Gasteiger partial charge in [0.1, 0.15) is 0 Å². The van der Waals surface area contributed by atoms with E-state index in [1.807, 2.05) is 0 Å². The Bertz CT molecular complexity index is 161. The average molecular weight is 141 g/mol. The maximum atomic E-state index is 10.7. The molecule has 0 atom stereocenters. The molecular formula is C7H11NO2. The summed E-state index contributed by atoms with van der Waals surface area (Å²) in [6.07, 6.45) is 3.28. The first kappa shape index (κ1) is 7.28. The van der Waals surface area contributed by atoms with Crippen molar-refractivity contribution in [1.82, 2.24) is 0 Å². The summed E-state index contributed by atoms with van der Waals surface area (Å²) >= 11 is 0. The molecule has 2 N–H and O–H groups in total. The molecule has 0 saturated heterocycles. The van der Waals surface area contributed by atoms with Crippen molar-refractivity contribution < 1.29 is 9.63 Å². The summed E-state index contributed by atoms with van der Waals surface area (Å²) in [5.74, 6) is 4.54. The number of carbonyl (C=O) groups is 1. The van der Waals surface area contributed by atoms with Crippen molar-refractivity contribution >= 4 is 5.97 Å². The molecule has 0 aliphatic heterocycles. The minimum absolute atomic E-state index is 0.330. The second kappa shape index (κ2) is 2.84. The van der Waals surface area contributed by atoms with Gasteiger partial charge in [-0.05, 0) is 18.8 Å². The highest BCUT2D eigenvalue weighted by Crippen LogP contribution is 2.32. The van der Waals surface area contributed by atoms with Gasteiger partial charge in [0, 0.05) is 5.57 Å². The highest BCUT2D eigenvalue weighted by Gasteiger charge is 2.25. The van der Waals surface area contributed by atoms with Crippen LogP contribution < -0.4 is 5.90 Å². The number of hydrogen-bond acceptors (Lipinski definition) is 3. The van der Waals surface area contributed by atoms with Crippen molar-refractivity contribution in [2.75, 3.05) is 0 Å². The lowest BCUT2D eigenvalue weighted by molar-refractivity contribution is -0.140. The second-order valence-corrected chi connectivity index (χ2v) is 2.56. The molecule has 3 nitrogen and oxygen atoms in total. The lowest BCUT2D eigenvalue weighted by Crippen LogP contribution is -2.22. The fourth-order valence-electron chi connectivity index (χ4n) is 0.999. The summed E-state index contributed by atoms with van der Waals surface area (Å²) in [4.78, 5) is 14.7. The van der Waals surface area contributed by atoms with Crippen LogP contribution in [0.2, 0.25) is 0 Å². The van der Waals surface area contributed by atoms with Gasteiger partial charge in [-0.3, -0.25) is 0 Å². The normalized spacial score (nSPS) is 17.7. The van der Waals surface area contributed by atoms with Crippen LogP contribution in [-0.2, 0) is 9.63 Å². The molecule has 0 spiro atoms. The van der Waals surface area contributed by atoms with Crippen LogP contribution in [0, 0.1) is 5.92 Å². The topological polar surface area (TPSA) is 52.3 Å². The summed E-state index contributed by atoms with van der Waals surface area (Å²) < 4.78 is 0. The molecule has 0 unspecified atom stereocenters. The molecule has 0 bridgehead atoms. The van der Waals surface area contributed by atoms with Crippen molar-refractivity contribution in [3.63, 3.8) is 0 Å². The summed E-state index contributed by atoms with van der Waals surface area (Å²) in [6.45, 7) is 3.59. The predicted molar refractivity (Wildman–Crippen MR) is 36.8 cm³/mol. The molecule has 1 fully saturated rings. The van der Waals surface area contributed by atoms with E-state index in [0.29, 0.717) is 11.5 Å². The predicted octanol–water partition coefficient (Wildman–Crippen LogP) is 0.760. The van der Waals surface area contributed by atoms with Crippen LogP contribution in [0.5, 0.6) is 0 Å². The molecule has 0 aromatic carbocycles. The van der Waals surface area contributed by atoms with Gasteiger partial charge in [0.25, 0.3) is 0 Å². The van der Waals surface area contributed by atoms with Gasteiger partial charge in [-0.15, -0.1) is 0 Å². The number of rotatable bonds is 2. The third-order valence-electron chi connectivity index (χ3n) is 1.97. The van der Waals surface area contributed by atoms with E-state index in [-0.39, 0.29) is 0 Å². The molecule has 1 saturated carbocycles. The van der Waals surface area contributed by atoms with E-state index in [0.717, 1.165) is 12.8 Å². The molecule has 0 heterocycles. The molecule has 10 heavy (non-hydrogen) atoms. The number of nitrogens with two attached hydrogens (primary N) is 1. The first-order valence-electron chi connectivity index (χ1n) is 3.35. The zero-order chi connectivity index (χ0) is 7.56. The Hall–Kier alpha value is -0.830. The lowest BCUT2D eigenvalue weighted by atomic mass is 9.80. The summed E-state index contributed by atoms with van der Waals surface area (Å²) in [5.41, 5.74) is 0.522. The summed E-state index contributed by atoms with van der Waals surface area (Å²) in [6, 6.07) is 0. The quantitative estimate of drug-likeness (QED) is 0.456. The maximum Gasteiger partial charge on any atom is 0.352 e. The lowest BCUT2D eigenvalue weighted by Gasteiger charge is -2.25. The van der Waals surface area contributed by atoms with Crippen molar-refractivity contribution in [2.45, 2.75) is 19.3 Å². The molecule has 3 heteroatoms. The molecule has 0 aromatic heterocycles. The number of carbonyl (C=O) groups excluding carboxylic acids is 1. The fourth-order valence-corrected chi connectivity index (χ4v) is 0.999. The van der Waals surface area contributed by atoms with Crippen LogP contribution in [0.3, 0.4) is 0 Å². The Morgan fingerprint density at radius 2 is 2.20 bits per heavy atom. The highest BCUT2D eigenvalue weighted by molar-refractivity contribution is 5.88. The minimum atomic E-state index is -0.468. The van der Waals surface area contributed by atoms with Crippen LogP contribution in [0.1, 0.15) is 19.3 Å². The SMILES string of the molecule is C=C(C(=O)ON)C1CCC1. The molecule has 0 amide bonds. The Kier molecular flexibility index (Phi) is 2.06. The van der Waals surface area contributed by atoms with Crippen molar-refractivity contribution in [3.8, 4) is 0 Å². The van der Waals surface area contributed by atoms with Crippen LogP contribution in [0.4, 0.5) is 0 Å². The van der Waals surface area contributed by atoms with Gasteiger partial charge < -0.3 is 4.84 Å². The van der Waals surface area contributed by atoms with E-state index in [2.05, 4.69) is 17.3 Å². The summed E-state index contributed by atoms with van der Waals surface area (Å²) in [5, 5.41) is 0. The fraction of sp³-hybridized carbons (Fsp3) is 0.571. The van der Waals surface area contributed by atoms with Crippen LogP contribution in [0.25, 0.3) is 0 Å². The zero-order valence-electron chi connectivity index (χ0n) is 5.80. The Balaban J connectivity index is 2.39. The van der Waals surface area contributed by atoms with E-state index in [9.17, 15) is 4.79 Å². The van der Waals surface area contributed by atoms with E-state index in [1.54, 1.807) is 0 Å². The number of hydrogen-bond donors (Lipinski definition) is 1. The molecule has 56 valence electrons. The Morgan fingerprint density at radius 3 is 2.50 bits per heavy atom. The third kappa shape index (κ3) is 1.19. The summed E-state index contributed by atoms with van der Waals surface area (Å²) in [7, 11) is 0. The van der Waals surface area contributed by atoms with Crippen LogP contribution >= 0.6 is 0 Å². The largest absolute Gasteiger partial charge is 0.370 e. The maximum absolute atomic E-state index is 10.7. The Morgan fingerprint density at radius 1 is 1.60 bits per heavy atom. The monoisotopic (exact) mass is 141 g/mol. The highest BCUT2D eigenvalue weighted by atomic mass is 16.7. The minimum Gasteiger partial charge on any atom is -0.370 e. The Labute approximate surface area is 59.8 Å². The molecule has 1 aliphatic rings. The van der Waals surface area contributed by atoms with E-state index >= 15 is 0 Å². The van der Waals surface area contributed by atoms with Crippen molar-refractivity contribution in [3.05, 3.63) is 12.2 Å². The van der Waals surface area contributed by atoms with Gasteiger partial charge in [0.2, 0.25) is 0 Å². The smallest absolute Gasteiger partial charge is 0.352 e. The van der Waals surface area contributed by atoms with Crippen LogP contribution in [-0.4, -0.2) is 5.97 Å². The van der Waals surface area contributed by atoms with Gasteiger partial charge in [-0.25, -0.2) is 4.79 Å². The van der Waals surface area contributed by atoms with E-state index < -0.39 is 5.97 Å². The molecule has 0 aromatic rings. The van der Waals surface area contributed by atoms with E-state index in [1.165, 1.54) is 6.42 Å². The van der Waals surface area contributed by atoms with Gasteiger partial charge in [0.15, 0.2) is 0 Å². The molecular weight excluding hydrogens is 130 g/mol. The molecule has 0 radical (unpaired) electrons. The van der Waals surface area contributed by atoms with Crippen molar-refractivity contribution in [1.29, 1.82) is 0 Å². The molecule has 1 aliphatic carbocycles. The van der Waals surface area contributed by atoms with Gasteiger partial charge in [-0.2, -0.15) is 5.90 Å². The van der Waals surface area contributed by atoms with Crippen molar-refractivity contribution in [2.24, 2.45) is 11.8 Å². The van der Waals surface area contributed by atoms with E-state index in [4.69, 9.17) is 0 Å². The van der Waals surface area contributed by atoms with Gasteiger partial charge >= 0.3 is 5.97 Å². The first-order valence-corrected chi connectivity index (χ1v) is 3.35. The molecule has 1 rings (SSSR count). The van der Waals surface area contributed by atoms with Crippen LogP contribution in [0.15, 0.2) is 12.2 Å². The second-order valence-electron chi connectivity index (χ2n) is 2.56. The zero-order valence-corrected chi connectivity index (χ0v) is 5.80. The third-order valence-corrected chi connectivity index (χ3v) is 1.97. The van der Waals surface area contributed by atoms with Gasteiger partial charge in [0.05, 0.1) is 0 Å². The average Bonchev–Trinajstić information content (AvgIpc) is 1.82. The first-order chi connectivity index (χ1) is 4.75. The van der Waals surface area contributed by atoms with Gasteiger partial charge in [-0.1, -0.05) is 13.0 Å². The standard InChI is InChI=1S/C7H11NO2/c1-5(7(9)10-8)6-3-2-4-6/h6H,1-4,8H2.